The van der Waals surface area contributed by atoms with E-state index in [2.05, 4.69) is 15.3 Å². The van der Waals surface area contributed by atoms with Crippen LogP contribution in [0.1, 0.15) is 17.3 Å². The third-order valence-corrected chi connectivity index (χ3v) is 4.73. The SMILES string of the molecule is COC(=O)c1cc(-c2ccc(-c3ccc(NC(C)=O)cc3)cc2)nc2ccncc12. The van der Waals surface area contributed by atoms with Crippen molar-refractivity contribution in [3.63, 3.8) is 0 Å². The van der Waals surface area contributed by atoms with E-state index < -0.39 is 5.97 Å². The summed E-state index contributed by atoms with van der Waals surface area (Å²) in [4.78, 5) is 32.2. The third-order valence-electron chi connectivity index (χ3n) is 4.73. The largest absolute Gasteiger partial charge is 0.465 e. The van der Waals surface area contributed by atoms with Gasteiger partial charge in [0.1, 0.15) is 0 Å². The van der Waals surface area contributed by atoms with E-state index in [0.717, 1.165) is 22.4 Å². The molecule has 1 N–H and O–H groups in total. The molecule has 4 aromatic rings. The Balaban J connectivity index is 1.68. The summed E-state index contributed by atoms with van der Waals surface area (Å²) in [6, 6.07) is 19.1. The molecule has 0 saturated heterocycles. The van der Waals surface area contributed by atoms with Crippen LogP contribution in [0.3, 0.4) is 0 Å². The molecule has 0 aliphatic rings. The lowest BCUT2D eigenvalue weighted by Gasteiger charge is -2.09. The van der Waals surface area contributed by atoms with Gasteiger partial charge in [-0.05, 0) is 35.4 Å². The highest BCUT2D eigenvalue weighted by Crippen LogP contribution is 2.28. The molecule has 2 aromatic heterocycles. The van der Waals surface area contributed by atoms with E-state index >= 15 is 0 Å². The Morgan fingerprint density at radius 2 is 1.53 bits per heavy atom. The van der Waals surface area contributed by atoms with Crippen LogP contribution < -0.4 is 5.32 Å². The lowest BCUT2D eigenvalue weighted by atomic mass is 10.0. The monoisotopic (exact) mass is 397 g/mol. The highest BCUT2D eigenvalue weighted by atomic mass is 16.5. The molecule has 0 unspecified atom stereocenters. The van der Waals surface area contributed by atoms with Crippen molar-refractivity contribution in [3.8, 4) is 22.4 Å². The molecule has 0 fully saturated rings. The Morgan fingerprint density at radius 1 is 0.900 bits per heavy atom. The Morgan fingerprint density at radius 3 is 2.17 bits per heavy atom. The molecule has 0 bridgehead atoms. The fraction of sp³-hybridized carbons (Fsp3) is 0.0833. The quantitative estimate of drug-likeness (QED) is 0.505. The fourth-order valence-corrected chi connectivity index (χ4v) is 3.28. The van der Waals surface area contributed by atoms with Crippen LogP contribution in [0.15, 0.2) is 73.1 Å². The van der Waals surface area contributed by atoms with Crippen LogP contribution in [0, 0.1) is 0 Å². The smallest absolute Gasteiger partial charge is 0.338 e. The van der Waals surface area contributed by atoms with Gasteiger partial charge < -0.3 is 10.1 Å². The normalized spacial score (nSPS) is 10.6. The maximum atomic E-state index is 12.2. The number of pyridine rings is 2. The van der Waals surface area contributed by atoms with Crippen molar-refractivity contribution < 1.29 is 14.3 Å². The highest BCUT2D eigenvalue weighted by Gasteiger charge is 2.14. The summed E-state index contributed by atoms with van der Waals surface area (Å²) in [5, 5.41) is 3.41. The van der Waals surface area contributed by atoms with E-state index in [9.17, 15) is 9.59 Å². The van der Waals surface area contributed by atoms with Gasteiger partial charge in [-0.3, -0.25) is 9.78 Å². The van der Waals surface area contributed by atoms with Crippen molar-refractivity contribution in [1.29, 1.82) is 0 Å². The summed E-state index contributed by atoms with van der Waals surface area (Å²) in [7, 11) is 1.36. The number of nitrogens with zero attached hydrogens (tertiary/aromatic N) is 2. The fourth-order valence-electron chi connectivity index (χ4n) is 3.28. The first-order valence-electron chi connectivity index (χ1n) is 9.37. The number of carbonyl (C=O) groups excluding carboxylic acids is 2. The zero-order chi connectivity index (χ0) is 21.1. The molecule has 0 aliphatic heterocycles. The van der Waals surface area contributed by atoms with E-state index in [4.69, 9.17) is 4.74 Å². The van der Waals surface area contributed by atoms with E-state index in [-0.39, 0.29) is 5.91 Å². The molecule has 0 radical (unpaired) electrons. The minimum Gasteiger partial charge on any atom is -0.465 e. The molecule has 6 heteroatoms. The number of nitrogens with one attached hydrogen (secondary N) is 1. The topological polar surface area (TPSA) is 81.2 Å². The number of ether oxygens (including phenoxy) is 1. The standard InChI is InChI=1S/C24H19N3O3/c1-15(28)26-19-9-7-17(8-10-19)16-3-5-18(6-4-16)23-13-20(24(29)30-2)21-14-25-12-11-22(21)27-23/h3-14H,1-2H3,(H,26,28). The second-order valence-electron chi connectivity index (χ2n) is 6.78. The lowest BCUT2D eigenvalue weighted by Crippen LogP contribution is -2.05. The average molecular weight is 397 g/mol. The van der Waals surface area contributed by atoms with Gasteiger partial charge in [-0.1, -0.05) is 36.4 Å². The zero-order valence-corrected chi connectivity index (χ0v) is 16.5. The number of anilines is 1. The predicted molar refractivity (Wildman–Crippen MR) is 116 cm³/mol. The van der Waals surface area contributed by atoms with Gasteiger partial charge in [0.2, 0.25) is 5.91 Å². The van der Waals surface area contributed by atoms with Gasteiger partial charge in [-0.15, -0.1) is 0 Å². The van der Waals surface area contributed by atoms with Crippen LogP contribution >= 0.6 is 0 Å². The number of rotatable bonds is 4. The Bertz CT molecular complexity index is 1230. The summed E-state index contributed by atoms with van der Waals surface area (Å²) >= 11 is 0. The molecule has 2 aromatic carbocycles. The molecule has 6 nitrogen and oxygen atoms in total. The maximum Gasteiger partial charge on any atom is 0.338 e. The van der Waals surface area contributed by atoms with Gasteiger partial charge in [0.05, 0.1) is 23.9 Å². The third kappa shape index (κ3) is 3.89. The zero-order valence-electron chi connectivity index (χ0n) is 16.5. The van der Waals surface area contributed by atoms with Crippen LogP contribution in [-0.4, -0.2) is 29.0 Å². The molecule has 2 heterocycles. The second-order valence-corrected chi connectivity index (χ2v) is 6.78. The summed E-state index contributed by atoms with van der Waals surface area (Å²) in [6.07, 6.45) is 3.26. The van der Waals surface area contributed by atoms with Crippen molar-refractivity contribution in [1.82, 2.24) is 9.97 Å². The molecule has 30 heavy (non-hydrogen) atoms. The summed E-state index contributed by atoms with van der Waals surface area (Å²) < 4.78 is 4.93. The highest BCUT2D eigenvalue weighted by molar-refractivity contribution is 6.04. The number of methoxy groups -OCH3 is 1. The summed E-state index contributed by atoms with van der Waals surface area (Å²) in [5.74, 6) is -0.523. The van der Waals surface area contributed by atoms with E-state index in [1.807, 2.05) is 48.5 Å². The maximum absolute atomic E-state index is 12.2. The number of hydrogen-bond acceptors (Lipinski definition) is 5. The first-order chi connectivity index (χ1) is 14.5. The molecular weight excluding hydrogens is 378 g/mol. The number of aromatic nitrogens is 2. The molecule has 0 saturated carbocycles. The van der Waals surface area contributed by atoms with Crippen LogP contribution in [-0.2, 0) is 9.53 Å². The van der Waals surface area contributed by atoms with Crippen molar-refractivity contribution in [2.75, 3.05) is 12.4 Å². The van der Waals surface area contributed by atoms with Crippen LogP contribution in [0.25, 0.3) is 33.3 Å². The van der Waals surface area contributed by atoms with Crippen molar-refractivity contribution in [3.05, 3.63) is 78.6 Å². The first kappa shape index (κ1) is 19.3. The molecule has 0 spiro atoms. The first-order valence-corrected chi connectivity index (χ1v) is 9.37. The molecular formula is C24H19N3O3. The Labute approximate surface area is 173 Å². The van der Waals surface area contributed by atoms with Gasteiger partial charge in [0.25, 0.3) is 0 Å². The lowest BCUT2D eigenvalue weighted by molar-refractivity contribution is -0.114. The van der Waals surface area contributed by atoms with Crippen molar-refractivity contribution in [2.24, 2.45) is 0 Å². The van der Waals surface area contributed by atoms with Gasteiger partial charge in [0, 0.05) is 36.0 Å². The Hall–Kier alpha value is -4.06. The average Bonchev–Trinajstić information content (AvgIpc) is 2.78. The van der Waals surface area contributed by atoms with Gasteiger partial charge in [-0.25, -0.2) is 9.78 Å². The molecule has 148 valence electrons. The van der Waals surface area contributed by atoms with Crippen LogP contribution in [0.4, 0.5) is 5.69 Å². The number of carbonyl (C=O) groups is 2. The predicted octanol–water partition coefficient (Wildman–Crippen LogP) is 4.71. The molecule has 4 rings (SSSR count). The Kier molecular flexibility index (Phi) is 5.22. The number of hydrogen-bond donors (Lipinski definition) is 1. The van der Waals surface area contributed by atoms with Gasteiger partial charge >= 0.3 is 5.97 Å². The number of esters is 1. The van der Waals surface area contributed by atoms with E-state index in [1.165, 1.54) is 14.0 Å². The van der Waals surface area contributed by atoms with Crippen LogP contribution in [0.5, 0.6) is 0 Å². The van der Waals surface area contributed by atoms with E-state index in [1.54, 1.807) is 24.5 Å². The van der Waals surface area contributed by atoms with Crippen LogP contribution in [0.2, 0.25) is 0 Å². The van der Waals surface area contributed by atoms with E-state index in [0.29, 0.717) is 22.2 Å². The molecule has 1 amide bonds. The van der Waals surface area contributed by atoms with Crippen molar-refractivity contribution in [2.45, 2.75) is 6.92 Å². The van der Waals surface area contributed by atoms with Gasteiger partial charge in [-0.2, -0.15) is 0 Å². The molecule has 0 atom stereocenters. The molecule has 0 aliphatic carbocycles. The summed E-state index contributed by atoms with van der Waals surface area (Å²) in [6.45, 7) is 1.48. The number of fused-ring (bicyclic) bond motifs is 1. The van der Waals surface area contributed by atoms with Gasteiger partial charge in [0.15, 0.2) is 0 Å². The number of amides is 1. The number of benzene rings is 2. The minimum atomic E-state index is -0.424. The summed E-state index contributed by atoms with van der Waals surface area (Å²) in [5.41, 5.74) is 5.51. The van der Waals surface area contributed by atoms with Crippen molar-refractivity contribution >= 4 is 28.5 Å². The minimum absolute atomic E-state index is 0.0999. The second kappa shape index (κ2) is 8.13.